The van der Waals surface area contributed by atoms with Crippen LogP contribution in [0.2, 0.25) is 5.02 Å². The lowest BCUT2D eigenvalue weighted by atomic mass is 9.92. The number of carboxylic acid groups (broad SMARTS) is 1. The van der Waals surface area contributed by atoms with Crippen LogP contribution >= 0.6 is 11.6 Å². The number of carbonyl (C=O) groups is 2. The summed E-state index contributed by atoms with van der Waals surface area (Å²) >= 11 is 5.80. The number of piperidine rings is 2. The molecule has 9 nitrogen and oxygen atoms in total. The standard InChI is InChI=1S/C19H26ClN3O6S/c20-15-1-2-18(21-12-15)29-17-5-9-23(10-6-17)30(27,28)13-16(24)11-14-3-7-22(8-4-14)19(25)26/h1-2,12,14,17H,3-11,13H2,(H,25,26). The van der Waals surface area contributed by atoms with Gasteiger partial charge in [0.05, 0.1) is 5.02 Å². The Kier molecular flexibility index (Phi) is 7.54. The molecule has 3 heterocycles. The maximum absolute atomic E-state index is 12.6. The van der Waals surface area contributed by atoms with Gasteiger partial charge in [-0.15, -0.1) is 0 Å². The molecular formula is C19H26ClN3O6S. The van der Waals surface area contributed by atoms with Crippen molar-refractivity contribution in [3.8, 4) is 5.88 Å². The summed E-state index contributed by atoms with van der Waals surface area (Å²) in [6, 6.07) is 3.35. The summed E-state index contributed by atoms with van der Waals surface area (Å²) in [7, 11) is -3.67. The SMILES string of the molecule is O=C(CC1CCN(C(=O)O)CC1)CS(=O)(=O)N1CCC(Oc2ccc(Cl)cn2)CC1. The molecule has 166 valence electrons. The summed E-state index contributed by atoms with van der Waals surface area (Å²) in [6.45, 7) is 1.36. The van der Waals surface area contributed by atoms with Crippen molar-refractivity contribution in [2.75, 3.05) is 31.9 Å². The Morgan fingerprint density at radius 3 is 2.37 bits per heavy atom. The number of hydrogen-bond donors (Lipinski definition) is 1. The van der Waals surface area contributed by atoms with Crippen molar-refractivity contribution >= 4 is 33.5 Å². The van der Waals surface area contributed by atoms with Gasteiger partial charge in [0.1, 0.15) is 17.6 Å². The van der Waals surface area contributed by atoms with Crippen LogP contribution in [0.4, 0.5) is 4.79 Å². The van der Waals surface area contributed by atoms with Crippen molar-refractivity contribution in [1.29, 1.82) is 0 Å². The van der Waals surface area contributed by atoms with E-state index in [9.17, 15) is 18.0 Å². The maximum Gasteiger partial charge on any atom is 0.407 e. The molecule has 2 saturated heterocycles. The van der Waals surface area contributed by atoms with Crippen molar-refractivity contribution in [3.05, 3.63) is 23.4 Å². The molecule has 0 aliphatic carbocycles. The minimum Gasteiger partial charge on any atom is -0.474 e. The first-order valence-electron chi connectivity index (χ1n) is 9.98. The summed E-state index contributed by atoms with van der Waals surface area (Å²) in [6.07, 6.45) is 2.78. The van der Waals surface area contributed by atoms with Crippen LogP contribution in [0.15, 0.2) is 18.3 Å². The van der Waals surface area contributed by atoms with Gasteiger partial charge in [-0.2, -0.15) is 0 Å². The fourth-order valence-electron chi connectivity index (χ4n) is 3.83. The Morgan fingerprint density at radius 2 is 1.80 bits per heavy atom. The summed E-state index contributed by atoms with van der Waals surface area (Å²) in [5.74, 6) is -0.331. The van der Waals surface area contributed by atoms with Crippen molar-refractivity contribution < 1.29 is 27.9 Å². The fraction of sp³-hybridized carbons (Fsp3) is 0.632. The number of ether oxygens (including phenoxy) is 1. The molecule has 0 radical (unpaired) electrons. The van der Waals surface area contributed by atoms with E-state index in [1.807, 2.05) is 0 Å². The van der Waals surface area contributed by atoms with Crippen molar-refractivity contribution in [2.24, 2.45) is 5.92 Å². The molecule has 0 atom stereocenters. The third-order valence-corrected chi connectivity index (χ3v) is 7.59. The lowest BCUT2D eigenvalue weighted by Gasteiger charge is -2.31. The average Bonchev–Trinajstić information content (AvgIpc) is 2.70. The maximum atomic E-state index is 12.6. The average molecular weight is 460 g/mol. The van der Waals surface area contributed by atoms with E-state index in [4.69, 9.17) is 21.4 Å². The number of pyridine rings is 1. The van der Waals surface area contributed by atoms with Crippen LogP contribution in [-0.4, -0.2) is 77.6 Å². The Bertz CT molecular complexity index is 848. The number of aromatic nitrogens is 1. The summed E-state index contributed by atoms with van der Waals surface area (Å²) < 4.78 is 32.4. The highest BCUT2D eigenvalue weighted by atomic mass is 35.5. The molecule has 30 heavy (non-hydrogen) atoms. The number of carbonyl (C=O) groups excluding carboxylic acids is 1. The number of Topliss-reactive ketones (excluding diaryl/α,β-unsaturated/α-hetero) is 1. The van der Waals surface area contributed by atoms with E-state index in [1.165, 1.54) is 15.4 Å². The van der Waals surface area contributed by atoms with E-state index in [0.29, 0.717) is 62.8 Å². The van der Waals surface area contributed by atoms with Crippen LogP contribution in [-0.2, 0) is 14.8 Å². The quantitative estimate of drug-likeness (QED) is 0.664. The van der Waals surface area contributed by atoms with Gasteiger partial charge in [0.2, 0.25) is 15.9 Å². The molecule has 1 amide bonds. The van der Waals surface area contributed by atoms with Crippen LogP contribution in [0.1, 0.15) is 32.1 Å². The molecule has 0 spiro atoms. The molecular weight excluding hydrogens is 434 g/mol. The third kappa shape index (κ3) is 6.29. The number of likely N-dealkylation sites (tertiary alicyclic amines) is 1. The zero-order chi connectivity index (χ0) is 21.7. The second-order valence-corrected chi connectivity index (χ2v) is 10.1. The van der Waals surface area contributed by atoms with Gasteiger partial charge in [-0.05, 0) is 37.7 Å². The molecule has 2 aliphatic rings. The van der Waals surface area contributed by atoms with Gasteiger partial charge in [0.25, 0.3) is 0 Å². The Morgan fingerprint density at radius 1 is 1.13 bits per heavy atom. The topological polar surface area (TPSA) is 117 Å². The highest BCUT2D eigenvalue weighted by Crippen LogP contribution is 2.23. The van der Waals surface area contributed by atoms with E-state index in [2.05, 4.69) is 4.98 Å². The van der Waals surface area contributed by atoms with E-state index in [1.54, 1.807) is 12.1 Å². The Labute approximate surface area is 181 Å². The predicted octanol–water partition coefficient (Wildman–Crippen LogP) is 2.26. The zero-order valence-electron chi connectivity index (χ0n) is 16.6. The molecule has 1 aromatic heterocycles. The normalized spacial score (nSPS) is 19.6. The first-order chi connectivity index (χ1) is 14.2. The van der Waals surface area contributed by atoms with Gasteiger partial charge in [0, 0.05) is 44.9 Å². The molecule has 1 aromatic rings. The van der Waals surface area contributed by atoms with E-state index in [-0.39, 0.29) is 24.2 Å². The number of rotatable bonds is 7. The number of sulfonamides is 1. The van der Waals surface area contributed by atoms with Crippen molar-refractivity contribution in [2.45, 2.75) is 38.2 Å². The van der Waals surface area contributed by atoms with E-state index >= 15 is 0 Å². The van der Waals surface area contributed by atoms with E-state index < -0.39 is 21.9 Å². The first kappa shape index (κ1) is 22.8. The number of nitrogens with zero attached hydrogens (tertiary/aromatic N) is 3. The third-order valence-electron chi connectivity index (χ3n) is 5.53. The molecule has 0 saturated carbocycles. The number of halogens is 1. The Hall–Kier alpha value is -1.91. The van der Waals surface area contributed by atoms with Gasteiger partial charge in [0.15, 0.2) is 0 Å². The Balaban J connectivity index is 1.43. The fourth-order valence-corrected chi connectivity index (χ4v) is 5.42. The molecule has 2 fully saturated rings. The smallest absolute Gasteiger partial charge is 0.407 e. The monoisotopic (exact) mass is 459 g/mol. The molecule has 2 aliphatic heterocycles. The van der Waals surface area contributed by atoms with Crippen molar-refractivity contribution in [3.63, 3.8) is 0 Å². The minimum absolute atomic E-state index is 0.0364. The second kappa shape index (κ2) is 9.93. The van der Waals surface area contributed by atoms with Gasteiger partial charge < -0.3 is 14.7 Å². The van der Waals surface area contributed by atoms with Gasteiger partial charge in [-0.25, -0.2) is 22.5 Å². The van der Waals surface area contributed by atoms with Crippen LogP contribution in [0.5, 0.6) is 5.88 Å². The lowest BCUT2D eigenvalue weighted by Crippen LogP contribution is -2.44. The first-order valence-corrected chi connectivity index (χ1v) is 12.0. The number of amides is 1. The predicted molar refractivity (Wildman–Crippen MR) is 110 cm³/mol. The van der Waals surface area contributed by atoms with Crippen LogP contribution < -0.4 is 4.74 Å². The van der Waals surface area contributed by atoms with Gasteiger partial charge in [-0.1, -0.05) is 11.6 Å². The molecule has 3 rings (SSSR count). The highest BCUT2D eigenvalue weighted by Gasteiger charge is 2.32. The zero-order valence-corrected chi connectivity index (χ0v) is 18.1. The summed E-state index contributed by atoms with van der Waals surface area (Å²) in [5.41, 5.74) is 0. The molecule has 0 unspecified atom stereocenters. The van der Waals surface area contributed by atoms with Crippen molar-refractivity contribution in [1.82, 2.24) is 14.2 Å². The number of hydrogen-bond acceptors (Lipinski definition) is 6. The second-order valence-electron chi connectivity index (χ2n) is 7.74. The summed E-state index contributed by atoms with van der Waals surface area (Å²) in [4.78, 5) is 28.7. The molecule has 0 bridgehead atoms. The molecule has 1 N–H and O–H groups in total. The lowest BCUT2D eigenvalue weighted by molar-refractivity contribution is -0.117. The van der Waals surface area contributed by atoms with Gasteiger partial charge in [-0.3, -0.25) is 4.79 Å². The number of ketones is 1. The van der Waals surface area contributed by atoms with Gasteiger partial charge >= 0.3 is 6.09 Å². The van der Waals surface area contributed by atoms with Crippen LogP contribution in [0.25, 0.3) is 0 Å². The van der Waals surface area contributed by atoms with Crippen LogP contribution in [0, 0.1) is 5.92 Å². The van der Waals surface area contributed by atoms with E-state index in [0.717, 1.165) is 0 Å². The molecule has 11 heteroatoms. The minimum atomic E-state index is -3.67. The van der Waals surface area contributed by atoms with Crippen LogP contribution in [0.3, 0.4) is 0 Å². The largest absolute Gasteiger partial charge is 0.474 e. The highest BCUT2D eigenvalue weighted by molar-refractivity contribution is 7.89. The summed E-state index contributed by atoms with van der Waals surface area (Å²) in [5, 5.41) is 9.49. The molecule has 0 aromatic carbocycles.